The summed E-state index contributed by atoms with van der Waals surface area (Å²) in [6.45, 7) is 9.79. The van der Waals surface area contributed by atoms with E-state index in [4.69, 9.17) is 15.0 Å². The smallest absolute Gasteiger partial charge is 0.159 e. The quantitative estimate of drug-likeness (QED) is 0.170. The van der Waals surface area contributed by atoms with Gasteiger partial charge in [-0.1, -0.05) is 191 Å². The van der Waals surface area contributed by atoms with Gasteiger partial charge in [0.2, 0.25) is 0 Å². The van der Waals surface area contributed by atoms with Crippen LogP contribution in [0.3, 0.4) is 0 Å². The number of aliphatic imine (C=N–C) groups is 3. The lowest BCUT2D eigenvalue weighted by atomic mass is 9.58. The standard InChI is InChI=1S/C65H50N6/c1-64(2)50-35-37-54-56(48-31-15-17-33-52(48)71(54)46-29-19-27-44(39-46)63-68-61(41-22-10-6-11-23-41)67-62(69-63)42-24-12-7-13-25-42)58(50)65(3,4)49-34-36-53-55(57(49)64)47-30-14-16-32-51(47)70(53)45-28-18-26-43(38-45)60-59(66-60)40-20-8-5-9-21-40/h5-39,60-61H,1-4H3,(H,67,68,69)/t60-,61?/m0/s1. The van der Waals surface area contributed by atoms with Gasteiger partial charge in [0.05, 0.1) is 27.8 Å². The van der Waals surface area contributed by atoms with Crippen molar-refractivity contribution >= 4 is 61.0 Å². The maximum Gasteiger partial charge on any atom is 0.159 e. The predicted molar refractivity (Wildman–Crippen MR) is 293 cm³/mol. The molecule has 6 nitrogen and oxygen atoms in total. The van der Waals surface area contributed by atoms with Crippen molar-refractivity contribution in [2.24, 2.45) is 15.0 Å². The lowest BCUT2D eigenvalue weighted by molar-refractivity contribution is 0.529. The molecule has 0 spiro atoms. The van der Waals surface area contributed by atoms with Gasteiger partial charge in [-0.3, -0.25) is 4.99 Å². The molecule has 9 aromatic carbocycles. The van der Waals surface area contributed by atoms with E-state index in [1.165, 1.54) is 77.0 Å². The molecule has 0 saturated carbocycles. The van der Waals surface area contributed by atoms with Crippen molar-refractivity contribution in [1.82, 2.24) is 14.5 Å². The molecule has 6 heteroatoms. The van der Waals surface area contributed by atoms with Crippen LogP contribution in [0.5, 0.6) is 0 Å². The number of para-hydroxylation sites is 2. The fourth-order valence-electron chi connectivity index (χ4n) is 12.2. The van der Waals surface area contributed by atoms with Crippen molar-refractivity contribution in [3.63, 3.8) is 0 Å². The summed E-state index contributed by atoms with van der Waals surface area (Å²) in [7, 11) is 0. The number of benzene rings is 9. The van der Waals surface area contributed by atoms with E-state index in [1.54, 1.807) is 0 Å². The molecule has 11 aromatic rings. The van der Waals surface area contributed by atoms with E-state index in [9.17, 15) is 0 Å². The fourth-order valence-corrected chi connectivity index (χ4v) is 12.2. The largest absolute Gasteiger partial charge is 0.344 e. The minimum absolute atomic E-state index is 0.0836. The van der Waals surface area contributed by atoms with Crippen LogP contribution in [0.15, 0.2) is 227 Å². The first kappa shape index (κ1) is 41.4. The van der Waals surface area contributed by atoms with Crippen molar-refractivity contribution in [2.75, 3.05) is 0 Å². The highest BCUT2D eigenvalue weighted by molar-refractivity contribution is 6.17. The Morgan fingerprint density at radius 2 is 0.915 bits per heavy atom. The average Bonchev–Trinajstić information content (AvgIpc) is 4.06. The van der Waals surface area contributed by atoms with Gasteiger partial charge in [0.1, 0.15) is 18.0 Å². The Kier molecular flexibility index (Phi) is 9.00. The molecular formula is C65H50N6. The molecule has 3 aliphatic rings. The lowest BCUT2D eigenvalue weighted by Gasteiger charge is -2.45. The van der Waals surface area contributed by atoms with Gasteiger partial charge >= 0.3 is 0 Å². The van der Waals surface area contributed by atoms with Crippen LogP contribution >= 0.6 is 0 Å². The molecule has 0 fully saturated rings. The molecule has 0 saturated heterocycles. The van der Waals surface area contributed by atoms with E-state index < -0.39 is 0 Å². The number of hydrogen-bond donors (Lipinski definition) is 1. The normalized spacial score (nSPS) is 17.6. The zero-order chi connectivity index (χ0) is 47.6. The molecule has 4 heterocycles. The highest BCUT2D eigenvalue weighted by Gasteiger charge is 2.45. The van der Waals surface area contributed by atoms with E-state index in [-0.39, 0.29) is 23.0 Å². The molecule has 0 bridgehead atoms. The van der Waals surface area contributed by atoms with E-state index in [2.05, 4.69) is 230 Å². The van der Waals surface area contributed by atoms with Crippen molar-refractivity contribution in [3.8, 4) is 11.4 Å². The average molecular weight is 915 g/mol. The summed E-state index contributed by atoms with van der Waals surface area (Å²) in [5, 5.41) is 8.86. The molecule has 2 aliphatic heterocycles. The van der Waals surface area contributed by atoms with Crippen molar-refractivity contribution in [1.29, 1.82) is 0 Å². The van der Waals surface area contributed by atoms with Gasteiger partial charge in [-0.15, -0.1) is 0 Å². The number of aromatic nitrogens is 2. The molecule has 0 radical (unpaired) electrons. The molecule has 2 aromatic heterocycles. The third-order valence-electron chi connectivity index (χ3n) is 15.5. The molecule has 0 amide bonds. The van der Waals surface area contributed by atoms with Crippen LogP contribution in [0.25, 0.3) is 55.0 Å². The minimum atomic E-state index is -0.342. The summed E-state index contributed by atoms with van der Waals surface area (Å²) in [5.41, 5.74) is 18.5. The lowest BCUT2D eigenvalue weighted by Crippen LogP contribution is -2.37. The maximum absolute atomic E-state index is 5.18. The summed E-state index contributed by atoms with van der Waals surface area (Å²) in [6, 6.07) is 76.7. The molecule has 340 valence electrons. The van der Waals surface area contributed by atoms with Crippen LogP contribution in [0.2, 0.25) is 0 Å². The van der Waals surface area contributed by atoms with Crippen molar-refractivity contribution < 1.29 is 0 Å². The van der Waals surface area contributed by atoms with Gasteiger partial charge in [-0.25, -0.2) is 9.98 Å². The summed E-state index contributed by atoms with van der Waals surface area (Å²) in [4.78, 5) is 15.3. The number of fused-ring (bicyclic) bond motifs is 10. The highest BCUT2D eigenvalue weighted by Crippen LogP contribution is 2.56. The summed E-state index contributed by atoms with van der Waals surface area (Å²) in [6.07, 6.45) is -0.282. The Morgan fingerprint density at radius 3 is 1.52 bits per heavy atom. The fraction of sp³-hybridized carbons (Fsp3) is 0.123. The van der Waals surface area contributed by atoms with Gasteiger partial charge in [-0.05, 0) is 87.5 Å². The summed E-state index contributed by atoms with van der Waals surface area (Å²) in [5.74, 6) is 1.51. The molecule has 2 atom stereocenters. The second-order valence-electron chi connectivity index (χ2n) is 20.4. The van der Waals surface area contributed by atoms with E-state index >= 15 is 0 Å². The maximum atomic E-state index is 5.18. The molecular weight excluding hydrogens is 865 g/mol. The van der Waals surface area contributed by atoms with Gasteiger partial charge in [-0.2, -0.15) is 0 Å². The second kappa shape index (κ2) is 15.4. The number of nitrogens with one attached hydrogen (secondary N) is 1. The van der Waals surface area contributed by atoms with Crippen LogP contribution in [-0.4, -0.2) is 26.5 Å². The topological polar surface area (TPSA) is 59.0 Å². The number of hydrogen-bond acceptors (Lipinski definition) is 4. The van der Waals surface area contributed by atoms with Gasteiger partial charge in [0.15, 0.2) is 5.84 Å². The van der Waals surface area contributed by atoms with Crippen LogP contribution in [-0.2, 0) is 10.8 Å². The molecule has 1 N–H and O–H groups in total. The molecule has 1 aliphatic carbocycles. The Balaban J connectivity index is 0.912. The molecule has 1 unspecified atom stereocenters. The third kappa shape index (κ3) is 6.30. The Hall–Kier alpha value is -8.61. The Bertz CT molecular complexity index is 4080. The predicted octanol–water partition coefficient (Wildman–Crippen LogP) is 14.9. The van der Waals surface area contributed by atoms with Crippen LogP contribution in [0, 0.1) is 0 Å². The van der Waals surface area contributed by atoms with Crippen LogP contribution in [0.4, 0.5) is 0 Å². The van der Waals surface area contributed by atoms with Gasteiger partial charge in [0, 0.05) is 54.9 Å². The van der Waals surface area contributed by atoms with Crippen LogP contribution in [0.1, 0.15) is 90.0 Å². The number of nitrogens with zero attached hydrogens (tertiary/aromatic N) is 5. The first-order valence-electron chi connectivity index (χ1n) is 24.8. The number of amidine groups is 2. The van der Waals surface area contributed by atoms with E-state index in [0.29, 0.717) is 5.84 Å². The van der Waals surface area contributed by atoms with Crippen molar-refractivity contribution in [3.05, 3.63) is 262 Å². The summed E-state index contributed by atoms with van der Waals surface area (Å²) >= 11 is 0. The summed E-state index contributed by atoms with van der Waals surface area (Å²) < 4.78 is 4.94. The van der Waals surface area contributed by atoms with Crippen LogP contribution < -0.4 is 5.32 Å². The monoisotopic (exact) mass is 914 g/mol. The third-order valence-corrected chi connectivity index (χ3v) is 15.5. The second-order valence-corrected chi connectivity index (χ2v) is 20.4. The van der Waals surface area contributed by atoms with E-state index in [0.717, 1.165) is 39.6 Å². The Morgan fingerprint density at radius 1 is 0.423 bits per heavy atom. The molecule has 14 rings (SSSR count). The molecule has 71 heavy (non-hydrogen) atoms. The van der Waals surface area contributed by atoms with Crippen molar-refractivity contribution in [2.45, 2.75) is 50.7 Å². The minimum Gasteiger partial charge on any atom is -0.344 e. The zero-order valence-electron chi connectivity index (χ0n) is 40.1. The zero-order valence-corrected chi connectivity index (χ0v) is 40.1. The first-order chi connectivity index (χ1) is 34.7. The first-order valence-corrected chi connectivity index (χ1v) is 24.8. The Labute approximate surface area is 413 Å². The van der Waals surface area contributed by atoms with E-state index in [1.807, 2.05) is 24.3 Å². The van der Waals surface area contributed by atoms with Gasteiger partial charge < -0.3 is 14.5 Å². The number of rotatable bonds is 7. The SMILES string of the molecule is CC1(C)c2ccc3c(c2C(C)(C)c2ccc4c(c21)c1ccccc1n4-c1cccc(C2=NC(c4ccccc4)=NC(c4ccccc4)N2)c1)c1ccccc1n3-c1cccc([C@@H]2N=C2c2ccccc2)c1. The highest BCUT2D eigenvalue weighted by atomic mass is 15.2. The van der Waals surface area contributed by atoms with Gasteiger partial charge in [0.25, 0.3) is 0 Å².